The van der Waals surface area contributed by atoms with E-state index in [1.54, 1.807) is 11.8 Å². The van der Waals surface area contributed by atoms with E-state index in [0.29, 0.717) is 24.5 Å². The Morgan fingerprint density at radius 2 is 2.26 bits per heavy atom. The maximum atomic E-state index is 12.4. The first-order chi connectivity index (χ1) is 10.9. The molecule has 6 nitrogen and oxygen atoms in total. The molecule has 1 aliphatic rings. The van der Waals surface area contributed by atoms with Crippen LogP contribution in [-0.2, 0) is 14.8 Å². The number of carbonyl (C=O) groups is 1. The zero-order valence-electron chi connectivity index (χ0n) is 12.8. The molecule has 1 aliphatic heterocycles. The van der Waals surface area contributed by atoms with Gasteiger partial charge in [0, 0.05) is 11.4 Å². The van der Waals surface area contributed by atoms with Crippen LogP contribution in [0.4, 0.5) is 5.13 Å². The minimum absolute atomic E-state index is 0.308. The van der Waals surface area contributed by atoms with Crippen molar-refractivity contribution in [3.63, 3.8) is 0 Å². The van der Waals surface area contributed by atoms with E-state index in [-0.39, 0.29) is 5.91 Å². The summed E-state index contributed by atoms with van der Waals surface area (Å²) in [7, 11) is -3.37. The molecule has 1 aromatic heterocycles. The first-order valence-corrected chi connectivity index (χ1v) is 11.0. The van der Waals surface area contributed by atoms with Gasteiger partial charge >= 0.3 is 0 Å². The summed E-state index contributed by atoms with van der Waals surface area (Å²) < 4.78 is 25.8. The largest absolute Gasteiger partial charge is 0.301 e. The molecule has 0 saturated carbocycles. The summed E-state index contributed by atoms with van der Waals surface area (Å²) >= 11 is 3.00. The van der Waals surface area contributed by atoms with Crippen molar-refractivity contribution in [2.45, 2.75) is 23.8 Å². The fourth-order valence-corrected chi connectivity index (χ4v) is 5.38. The molecule has 0 unspecified atom stereocenters. The van der Waals surface area contributed by atoms with E-state index in [2.05, 4.69) is 10.3 Å². The Hall–Kier alpha value is -1.16. The summed E-state index contributed by atoms with van der Waals surface area (Å²) in [4.78, 5) is 18.0. The van der Waals surface area contributed by atoms with Gasteiger partial charge in [0.05, 0.1) is 16.5 Å². The van der Waals surface area contributed by atoms with E-state index in [0.717, 1.165) is 21.4 Å². The number of sulfonamides is 1. The number of thiazole rings is 1. The van der Waals surface area contributed by atoms with Crippen molar-refractivity contribution in [1.82, 2.24) is 9.29 Å². The van der Waals surface area contributed by atoms with Crippen molar-refractivity contribution in [2.24, 2.45) is 0 Å². The van der Waals surface area contributed by atoms with Gasteiger partial charge in [-0.2, -0.15) is 4.31 Å². The average molecular weight is 372 g/mol. The van der Waals surface area contributed by atoms with E-state index in [1.165, 1.54) is 15.6 Å². The van der Waals surface area contributed by atoms with Crippen LogP contribution < -0.4 is 5.32 Å². The summed E-state index contributed by atoms with van der Waals surface area (Å²) in [6.45, 7) is 0.396. The first-order valence-electron chi connectivity index (χ1n) is 7.11. The maximum absolute atomic E-state index is 12.4. The van der Waals surface area contributed by atoms with Crippen molar-refractivity contribution >= 4 is 54.4 Å². The normalized spacial score (nSPS) is 19.3. The lowest BCUT2D eigenvalue weighted by Crippen LogP contribution is -2.42. The predicted molar refractivity (Wildman–Crippen MR) is 94.6 cm³/mol. The highest BCUT2D eigenvalue weighted by molar-refractivity contribution is 7.98. The van der Waals surface area contributed by atoms with Crippen LogP contribution >= 0.6 is 23.1 Å². The molecule has 1 saturated heterocycles. The SMILES string of the molecule is CSc1cccc2sc(NC(=O)[C@@H]3CCCN3S(C)(=O)=O)nc12. The number of amides is 1. The molecule has 1 N–H and O–H groups in total. The summed E-state index contributed by atoms with van der Waals surface area (Å²) in [6.07, 6.45) is 4.36. The number of fused-ring (bicyclic) bond motifs is 1. The van der Waals surface area contributed by atoms with Crippen molar-refractivity contribution in [2.75, 3.05) is 24.4 Å². The van der Waals surface area contributed by atoms with Gasteiger partial charge in [-0.15, -0.1) is 11.8 Å². The highest BCUT2D eigenvalue weighted by Gasteiger charge is 2.36. The molecule has 0 spiro atoms. The lowest BCUT2D eigenvalue weighted by atomic mass is 10.2. The number of anilines is 1. The molecular formula is C14H17N3O3S3. The Balaban J connectivity index is 1.83. The number of para-hydroxylation sites is 1. The molecule has 23 heavy (non-hydrogen) atoms. The standard InChI is InChI=1S/C14H17N3O3S3/c1-21-10-6-3-7-11-12(10)15-14(22-11)16-13(18)9-5-4-8-17(9)23(2,19)20/h3,6-7,9H,4-5,8H2,1-2H3,(H,15,16,18)/t9-/m0/s1. The number of carbonyl (C=O) groups excluding carboxylic acids is 1. The lowest BCUT2D eigenvalue weighted by Gasteiger charge is -2.20. The van der Waals surface area contributed by atoms with E-state index < -0.39 is 16.1 Å². The number of thioether (sulfide) groups is 1. The second-order valence-corrected chi connectivity index (χ2v) is 9.16. The van der Waals surface area contributed by atoms with Gasteiger partial charge in [-0.1, -0.05) is 17.4 Å². The monoisotopic (exact) mass is 371 g/mol. The second kappa shape index (κ2) is 6.39. The average Bonchev–Trinajstić information content (AvgIpc) is 3.12. The van der Waals surface area contributed by atoms with Gasteiger partial charge in [-0.3, -0.25) is 4.79 Å². The fourth-order valence-electron chi connectivity index (χ4n) is 2.73. The minimum Gasteiger partial charge on any atom is -0.301 e. The van der Waals surface area contributed by atoms with Crippen LogP contribution in [0, 0.1) is 0 Å². The van der Waals surface area contributed by atoms with E-state index in [4.69, 9.17) is 0 Å². The van der Waals surface area contributed by atoms with Crippen LogP contribution in [0.3, 0.4) is 0 Å². The first kappa shape index (κ1) is 16.7. The van der Waals surface area contributed by atoms with Gasteiger partial charge in [0.2, 0.25) is 15.9 Å². The lowest BCUT2D eigenvalue weighted by molar-refractivity contribution is -0.119. The molecule has 1 aromatic carbocycles. The molecule has 0 aliphatic carbocycles. The second-order valence-electron chi connectivity index (χ2n) is 5.35. The molecule has 1 fully saturated rings. The maximum Gasteiger partial charge on any atom is 0.244 e. The number of aromatic nitrogens is 1. The highest BCUT2D eigenvalue weighted by atomic mass is 32.2. The summed E-state index contributed by atoms with van der Waals surface area (Å²) in [5.74, 6) is -0.308. The van der Waals surface area contributed by atoms with Crippen molar-refractivity contribution in [3.05, 3.63) is 18.2 Å². The van der Waals surface area contributed by atoms with Crippen molar-refractivity contribution in [1.29, 1.82) is 0 Å². The Morgan fingerprint density at radius 3 is 2.96 bits per heavy atom. The number of nitrogens with one attached hydrogen (secondary N) is 1. The molecule has 0 radical (unpaired) electrons. The van der Waals surface area contributed by atoms with E-state index >= 15 is 0 Å². The quantitative estimate of drug-likeness (QED) is 0.835. The molecule has 0 bridgehead atoms. The summed E-state index contributed by atoms with van der Waals surface area (Å²) in [5, 5.41) is 3.29. The third kappa shape index (κ3) is 3.37. The molecule has 1 atom stereocenters. The summed E-state index contributed by atoms with van der Waals surface area (Å²) in [5.41, 5.74) is 0.867. The number of benzene rings is 1. The van der Waals surface area contributed by atoms with E-state index in [1.807, 2.05) is 24.5 Å². The van der Waals surface area contributed by atoms with Gasteiger partial charge in [-0.25, -0.2) is 13.4 Å². The van der Waals surface area contributed by atoms with Gasteiger partial charge in [0.15, 0.2) is 5.13 Å². The van der Waals surface area contributed by atoms with Crippen molar-refractivity contribution < 1.29 is 13.2 Å². The molecule has 2 aromatic rings. The Labute approximate surface area is 143 Å². The highest BCUT2D eigenvalue weighted by Crippen LogP contribution is 2.32. The van der Waals surface area contributed by atoms with Crippen LogP contribution in [0.2, 0.25) is 0 Å². The van der Waals surface area contributed by atoms with Gasteiger partial charge in [0.1, 0.15) is 6.04 Å². The third-order valence-corrected chi connectivity index (χ3v) is 6.76. The number of rotatable bonds is 4. The number of nitrogens with zero attached hydrogens (tertiary/aromatic N) is 2. The Kier molecular flexibility index (Phi) is 4.63. The van der Waals surface area contributed by atoms with Gasteiger partial charge in [-0.05, 0) is 31.2 Å². The number of hydrogen-bond acceptors (Lipinski definition) is 6. The minimum atomic E-state index is -3.37. The predicted octanol–water partition coefficient (Wildman–Crippen LogP) is 2.38. The van der Waals surface area contributed by atoms with Crippen LogP contribution in [0.25, 0.3) is 10.2 Å². The van der Waals surface area contributed by atoms with Crippen molar-refractivity contribution in [3.8, 4) is 0 Å². The smallest absolute Gasteiger partial charge is 0.244 e. The molecule has 2 heterocycles. The molecule has 9 heteroatoms. The molecule has 1 amide bonds. The topological polar surface area (TPSA) is 79.4 Å². The Bertz CT molecular complexity index is 847. The van der Waals surface area contributed by atoms with E-state index in [9.17, 15) is 13.2 Å². The van der Waals surface area contributed by atoms with Gasteiger partial charge < -0.3 is 5.32 Å². The van der Waals surface area contributed by atoms with Crippen LogP contribution in [0.1, 0.15) is 12.8 Å². The molecular weight excluding hydrogens is 354 g/mol. The van der Waals surface area contributed by atoms with Crippen LogP contribution in [-0.4, -0.2) is 48.7 Å². The van der Waals surface area contributed by atoms with Gasteiger partial charge in [0.25, 0.3) is 0 Å². The number of hydrogen-bond donors (Lipinski definition) is 1. The zero-order valence-corrected chi connectivity index (χ0v) is 15.2. The fraction of sp³-hybridized carbons (Fsp3) is 0.429. The third-order valence-electron chi connectivity index (χ3n) is 3.76. The Morgan fingerprint density at radius 1 is 1.48 bits per heavy atom. The zero-order chi connectivity index (χ0) is 16.6. The molecule has 3 rings (SSSR count). The summed E-state index contributed by atoms with van der Waals surface area (Å²) in [6, 6.07) is 5.26. The molecule has 124 valence electrons. The van der Waals surface area contributed by atoms with Crippen LogP contribution in [0.15, 0.2) is 23.1 Å². The van der Waals surface area contributed by atoms with Crippen LogP contribution in [0.5, 0.6) is 0 Å².